The largest absolute Gasteiger partial charge is 0.479 e. The molecule has 2 aromatic rings. The van der Waals surface area contributed by atoms with Gasteiger partial charge < -0.3 is 20.1 Å². The Labute approximate surface area is 205 Å². The molecule has 1 atom stereocenters. The van der Waals surface area contributed by atoms with Crippen LogP contribution in [0.2, 0.25) is 0 Å². The van der Waals surface area contributed by atoms with Crippen LogP contribution in [0.1, 0.15) is 62.0 Å². The number of carbonyl (C=O) groups excluding carboxylic acids is 2. The second-order valence-corrected chi connectivity index (χ2v) is 10.1. The zero-order valence-electron chi connectivity index (χ0n) is 20.0. The van der Waals surface area contributed by atoms with E-state index in [4.69, 9.17) is 4.74 Å². The van der Waals surface area contributed by atoms with Crippen LogP contribution < -0.4 is 5.32 Å². The standard InChI is InChI=1S/C28H32N2O5/c1-30(28(26(32)33)14-7-15-28)25(31)16-24(18-8-6-9-18)29-27(34)35-17-23-21-12-4-2-10-19(21)20-11-3-5-13-22(20)23/h2-5,10-13,18,23-24H,6-9,14-17H2,1H3,(H,29,34)(H,32,33). The predicted octanol–water partition coefficient (Wildman–Crippen LogP) is 4.55. The number of fused-ring (bicyclic) bond motifs is 3. The maximum absolute atomic E-state index is 13.0. The van der Waals surface area contributed by atoms with Crippen molar-refractivity contribution in [2.24, 2.45) is 5.92 Å². The van der Waals surface area contributed by atoms with Crippen LogP contribution in [0.4, 0.5) is 4.79 Å². The van der Waals surface area contributed by atoms with Gasteiger partial charge in [0, 0.05) is 25.4 Å². The lowest BCUT2D eigenvalue weighted by Gasteiger charge is -2.45. The van der Waals surface area contributed by atoms with Gasteiger partial charge in [0.25, 0.3) is 0 Å². The maximum atomic E-state index is 13.0. The van der Waals surface area contributed by atoms with Crippen molar-refractivity contribution in [1.82, 2.24) is 10.2 Å². The Hall–Kier alpha value is -3.35. The van der Waals surface area contributed by atoms with E-state index in [0.29, 0.717) is 12.8 Å². The fourth-order valence-corrected chi connectivity index (χ4v) is 5.74. The van der Waals surface area contributed by atoms with Crippen LogP contribution in [0.3, 0.4) is 0 Å². The first-order valence-electron chi connectivity index (χ1n) is 12.5. The summed E-state index contributed by atoms with van der Waals surface area (Å²) in [7, 11) is 1.57. The topological polar surface area (TPSA) is 95.9 Å². The summed E-state index contributed by atoms with van der Waals surface area (Å²) in [6, 6.07) is 16.0. The molecule has 3 aliphatic carbocycles. The SMILES string of the molecule is CN(C(=O)CC(NC(=O)OCC1c2ccccc2-c2ccccc21)C1CCC1)C1(C(=O)O)CCC1. The van der Waals surface area contributed by atoms with E-state index in [1.165, 1.54) is 16.0 Å². The van der Waals surface area contributed by atoms with Gasteiger partial charge in [0.05, 0.1) is 0 Å². The number of carboxylic acids is 1. The lowest BCUT2D eigenvalue weighted by Crippen LogP contribution is -2.60. The number of rotatable bonds is 8. The first-order valence-corrected chi connectivity index (χ1v) is 12.5. The van der Waals surface area contributed by atoms with Crippen LogP contribution in [-0.4, -0.2) is 53.2 Å². The smallest absolute Gasteiger partial charge is 0.407 e. The van der Waals surface area contributed by atoms with E-state index in [9.17, 15) is 19.5 Å². The molecule has 0 radical (unpaired) electrons. The van der Waals surface area contributed by atoms with E-state index < -0.39 is 17.6 Å². The normalized spacial score (nSPS) is 18.9. The Morgan fingerprint density at radius 3 is 2.11 bits per heavy atom. The second-order valence-electron chi connectivity index (χ2n) is 10.1. The third kappa shape index (κ3) is 4.17. The summed E-state index contributed by atoms with van der Waals surface area (Å²) in [5.41, 5.74) is 3.52. The lowest BCUT2D eigenvalue weighted by molar-refractivity contribution is -0.164. The van der Waals surface area contributed by atoms with Gasteiger partial charge in [-0.25, -0.2) is 9.59 Å². The zero-order valence-corrected chi connectivity index (χ0v) is 20.0. The molecular formula is C28H32N2O5. The monoisotopic (exact) mass is 476 g/mol. The van der Waals surface area contributed by atoms with Crippen LogP contribution in [0.5, 0.6) is 0 Å². The number of carbonyl (C=O) groups is 3. The molecule has 3 aliphatic rings. The van der Waals surface area contributed by atoms with Crippen LogP contribution >= 0.6 is 0 Å². The van der Waals surface area contributed by atoms with Crippen LogP contribution in [-0.2, 0) is 14.3 Å². The third-order valence-corrected chi connectivity index (χ3v) is 8.36. The van der Waals surface area contributed by atoms with Gasteiger partial charge in [-0.05, 0) is 60.3 Å². The number of alkyl carbamates (subject to hydrolysis) is 1. The number of nitrogens with one attached hydrogen (secondary N) is 1. The highest BCUT2D eigenvalue weighted by molar-refractivity contribution is 5.88. The molecule has 0 aliphatic heterocycles. The molecule has 35 heavy (non-hydrogen) atoms. The van der Waals surface area contributed by atoms with Crippen molar-refractivity contribution < 1.29 is 24.2 Å². The van der Waals surface area contributed by atoms with Crippen molar-refractivity contribution in [3.63, 3.8) is 0 Å². The molecule has 5 rings (SSSR count). The molecule has 0 saturated heterocycles. The van der Waals surface area contributed by atoms with Gasteiger partial charge in [-0.1, -0.05) is 55.0 Å². The van der Waals surface area contributed by atoms with E-state index >= 15 is 0 Å². The highest BCUT2D eigenvalue weighted by Crippen LogP contribution is 2.44. The highest BCUT2D eigenvalue weighted by atomic mass is 16.5. The zero-order chi connectivity index (χ0) is 24.6. The number of aliphatic carboxylic acids is 1. The molecule has 0 bridgehead atoms. The van der Waals surface area contributed by atoms with E-state index in [-0.39, 0.29) is 36.8 Å². The van der Waals surface area contributed by atoms with Gasteiger partial charge in [0.2, 0.25) is 5.91 Å². The minimum atomic E-state index is -1.11. The molecule has 7 nitrogen and oxygen atoms in total. The van der Waals surface area contributed by atoms with Gasteiger partial charge in [-0.3, -0.25) is 4.79 Å². The minimum Gasteiger partial charge on any atom is -0.479 e. The molecule has 2 saturated carbocycles. The van der Waals surface area contributed by atoms with Crippen molar-refractivity contribution in [3.8, 4) is 11.1 Å². The molecule has 2 amide bonds. The molecular weight excluding hydrogens is 444 g/mol. The van der Waals surface area contributed by atoms with E-state index in [1.807, 2.05) is 24.3 Å². The minimum absolute atomic E-state index is 0.0305. The molecule has 2 N–H and O–H groups in total. The van der Waals surface area contributed by atoms with E-state index in [0.717, 1.165) is 36.8 Å². The number of hydrogen-bond donors (Lipinski definition) is 2. The number of hydrogen-bond acceptors (Lipinski definition) is 4. The highest BCUT2D eigenvalue weighted by Gasteiger charge is 2.50. The van der Waals surface area contributed by atoms with Gasteiger partial charge in [-0.2, -0.15) is 0 Å². The summed E-state index contributed by atoms with van der Waals surface area (Å²) in [6.45, 7) is 0.215. The molecule has 184 valence electrons. The van der Waals surface area contributed by atoms with Crippen molar-refractivity contribution in [1.29, 1.82) is 0 Å². The molecule has 2 fully saturated rings. The van der Waals surface area contributed by atoms with Crippen molar-refractivity contribution >= 4 is 18.0 Å². The Morgan fingerprint density at radius 1 is 1.03 bits per heavy atom. The molecule has 1 unspecified atom stereocenters. The predicted molar refractivity (Wildman–Crippen MR) is 131 cm³/mol. The average molecular weight is 477 g/mol. The molecule has 0 heterocycles. The Kier molecular flexibility index (Phi) is 6.26. The number of carboxylic acid groups (broad SMARTS) is 1. The Bertz CT molecular complexity index is 1090. The Morgan fingerprint density at radius 2 is 1.63 bits per heavy atom. The summed E-state index contributed by atoms with van der Waals surface area (Å²) < 4.78 is 5.70. The number of benzene rings is 2. The van der Waals surface area contributed by atoms with Gasteiger partial charge in [-0.15, -0.1) is 0 Å². The fraction of sp³-hybridized carbons (Fsp3) is 0.464. The number of likely N-dealkylation sites (N-methyl/N-ethyl adjacent to an activating group) is 1. The fourth-order valence-electron chi connectivity index (χ4n) is 5.74. The van der Waals surface area contributed by atoms with Crippen LogP contribution in [0.15, 0.2) is 48.5 Å². The van der Waals surface area contributed by atoms with Gasteiger partial charge >= 0.3 is 12.1 Å². The lowest BCUT2D eigenvalue weighted by atomic mass is 9.74. The van der Waals surface area contributed by atoms with Crippen LogP contribution in [0, 0.1) is 5.92 Å². The summed E-state index contributed by atoms with van der Waals surface area (Å²) in [5.74, 6) is -1.03. The Balaban J connectivity index is 1.23. The summed E-state index contributed by atoms with van der Waals surface area (Å²) in [4.78, 5) is 39.1. The summed E-state index contributed by atoms with van der Waals surface area (Å²) in [6.07, 6.45) is 4.24. The molecule has 7 heteroatoms. The average Bonchev–Trinajstić information content (AvgIpc) is 3.09. The molecule has 0 spiro atoms. The first kappa shape index (κ1) is 23.4. The van der Waals surface area contributed by atoms with E-state index in [2.05, 4.69) is 29.6 Å². The second kappa shape index (κ2) is 9.36. The first-order chi connectivity index (χ1) is 16.9. The van der Waals surface area contributed by atoms with Crippen LogP contribution in [0.25, 0.3) is 11.1 Å². The molecule has 2 aromatic carbocycles. The third-order valence-electron chi connectivity index (χ3n) is 8.36. The summed E-state index contributed by atoms with van der Waals surface area (Å²) >= 11 is 0. The summed E-state index contributed by atoms with van der Waals surface area (Å²) in [5, 5.41) is 12.6. The van der Waals surface area contributed by atoms with Crippen molar-refractivity contribution in [2.45, 2.75) is 62.4 Å². The quantitative estimate of drug-likeness (QED) is 0.583. The molecule has 0 aromatic heterocycles. The van der Waals surface area contributed by atoms with Gasteiger partial charge in [0.15, 0.2) is 0 Å². The number of nitrogens with zero attached hydrogens (tertiary/aromatic N) is 1. The maximum Gasteiger partial charge on any atom is 0.407 e. The number of amides is 2. The van der Waals surface area contributed by atoms with Crippen molar-refractivity contribution in [2.75, 3.05) is 13.7 Å². The van der Waals surface area contributed by atoms with Gasteiger partial charge in [0.1, 0.15) is 12.1 Å². The van der Waals surface area contributed by atoms with E-state index in [1.54, 1.807) is 7.05 Å². The van der Waals surface area contributed by atoms with Crippen molar-refractivity contribution in [3.05, 3.63) is 59.7 Å². The number of ether oxygens (including phenoxy) is 1.